The third-order valence-corrected chi connectivity index (χ3v) is 3.95. The van der Waals surface area contributed by atoms with Gasteiger partial charge in [0.2, 0.25) is 0 Å². The van der Waals surface area contributed by atoms with Crippen LogP contribution < -0.4 is 5.73 Å². The van der Waals surface area contributed by atoms with Gasteiger partial charge in [-0.25, -0.2) is 0 Å². The van der Waals surface area contributed by atoms with Gasteiger partial charge in [-0.1, -0.05) is 11.6 Å². The molecule has 18 heavy (non-hydrogen) atoms. The molecule has 3 N–H and O–H groups in total. The molecule has 1 aliphatic rings. The van der Waals surface area contributed by atoms with Gasteiger partial charge in [-0.05, 0) is 63.0 Å². The number of nitrogens with zero attached hydrogens (tertiary/aromatic N) is 1. The Morgan fingerprint density at radius 3 is 2.72 bits per heavy atom. The first kappa shape index (κ1) is 13.7. The molecule has 0 saturated carbocycles. The number of phenols is 1. The standard InChI is InChI=1S/C14H21ClN2O/c15-13-1-2-14(18)12(9-13)10-17-7-4-11(3-6-16)5-8-17/h1-2,9,11,18H,3-8,10,16H2. The van der Waals surface area contributed by atoms with Gasteiger partial charge in [0.1, 0.15) is 5.75 Å². The van der Waals surface area contributed by atoms with Crippen LogP contribution in [-0.4, -0.2) is 29.6 Å². The Hall–Kier alpha value is -0.770. The SMILES string of the molecule is NCCC1CCN(Cc2cc(Cl)ccc2O)CC1. The fourth-order valence-electron chi connectivity index (χ4n) is 2.59. The van der Waals surface area contributed by atoms with E-state index in [1.807, 2.05) is 6.07 Å². The highest BCUT2D eigenvalue weighted by molar-refractivity contribution is 6.30. The van der Waals surface area contributed by atoms with E-state index in [1.165, 1.54) is 12.8 Å². The first-order valence-corrected chi connectivity index (χ1v) is 6.96. The third kappa shape index (κ3) is 3.61. The molecule has 0 bridgehead atoms. The summed E-state index contributed by atoms with van der Waals surface area (Å²) in [6.07, 6.45) is 3.55. The monoisotopic (exact) mass is 268 g/mol. The Balaban J connectivity index is 1.89. The van der Waals surface area contributed by atoms with Crippen molar-refractivity contribution < 1.29 is 5.11 Å². The molecule has 4 heteroatoms. The van der Waals surface area contributed by atoms with Gasteiger partial charge in [-0.2, -0.15) is 0 Å². The Morgan fingerprint density at radius 1 is 1.33 bits per heavy atom. The molecule has 1 saturated heterocycles. The number of aromatic hydroxyl groups is 1. The Kier molecular flexibility index (Phi) is 4.87. The minimum atomic E-state index is 0.337. The largest absolute Gasteiger partial charge is 0.508 e. The summed E-state index contributed by atoms with van der Waals surface area (Å²) in [6.45, 7) is 3.73. The van der Waals surface area contributed by atoms with Crippen LogP contribution in [0.3, 0.4) is 0 Å². The van der Waals surface area contributed by atoms with Crippen LogP contribution in [-0.2, 0) is 6.54 Å². The van der Waals surface area contributed by atoms with Crippen molar-refractivity contribution in [1.29, 1.82) is 0 Å². The molecular weight excluding hydrogens is 248 g/mol. The number of rotatable bonds is 4. The number of halogens is 1. The molecule has 0 unspecified atom stereocenters. The van der Waals surface area contributed by atoms with Crippen molar-refractivity contribution in [2.24, 2.45) is 11.7 Å². The van der Waals surface area contributed by atoms with E-state index in [2.05, 4.69) is 4.90 Å². The molecule has 1 aromatic carbocycles. The molecule has 0 amide bonds. The van der Waals surface area contributed by atoms with Crippen molar-refractivity contribution in [2.75, 3.05) is 19.6 Å². The van der Waals surface area contributed by atoms with Crippen LogP contribution >= 0.6 is 11.6 Å². The number of piperidine rings is 1. The maximum Gasteiger partial charge on any atom is 0.120 e. The van der Waals surface area contributed by atoms with Gasteiger partial charge >= 0.3 is 0 Å². The second-order valence-corrected chi connectivity index (χ2v) is 5.51. The molecule has 1 aromatic rings. The van der Waals surface area contributed by atoms with Crippen LogP contribution in [0.15, 0.2) is 18.2 Å². The predicted molar refractivity (Wildman–Crippen MR) is 74.8 cm³/mol. The molecule has 0 aliphatic carbocycles. The summed E-state index contributed by atoms with van der Waals surface area (Å²) in [4.78, 5) is 2.37. The Labute approximate surface area is 114 Å². The van der Waals surface area contributed by atoms with Crippen molar-refractivity contribution in [1.82, 2.24) is 4.90 Å². The molecule has 1 heterocycles. The quantitative estimate of drug-likeness (QED) is 0.883. The molecule has 1 aliphatic heterocycles. The van der Waals surface area contributed by atoms with Crippen LogP contribution in [0.4, 0.5) is 0 Å². The zero-order chi connectivity index (χ0) is 13.0. The highest BCUT2D eigenvalue weighted by Crippen LogP contribution is 2.26. The smallest absolute Gasteiger partial charge is 0.120 e. The summed E-state index contributed by atoms with van der Waals surface area (Å²) >= 11 is 5.96. The summed E-state index contributed by atoms with van der Waals surface area (Å²) in [5.41, 5.74) is 6.51. The summed E-state index contributed by atoms with van der Waals surface area (Å²) < 4.78 is 0. The molecule has 3 nitrogen and oxygen atoms in total. The fourth-order valence-corrected chi connectivity index (χ4v) is 2.79. The zero-order valence-electron chi connectivity index (χ0n) is 10.6. The summed E-state index contributed by atoms with van der Waals surface area (Å²) in [5.74, 6) is 1.11. The number of benzene rings is 1. The molecule has 0 radical (unpaired) electrons. The number of nitrogens with two attached hydrogens (primary N) is 1. The van der Waals surface area contributed by atoms with Gasteiger partial charge in [0, 0.05) is 17.1 Å². The summed E-state index contributed by atoms with van der Waals surface area (Å²) in [6, 6.07) is 5.23. The minimum absolute atomic E-state index is 0.337. The van der Waals surface area contributed by atoms with Crippen molar-refractivity contribution in [3.05, 3.63) is 28.8 Å². The molecular formula is C14H21ClN2O. The van der Waals surface area contributed by atoms with E-state index in [4.69, 9.17) is 17.3 Å². The minimum Gasteiger partial charge on any atom is -0.508 e. The molecule has 1 fully saturated rings. The van der Waals surface area contributed by atoms with Gasteiger partial charge in [0.25, 0.3) is 0 Å². The van der Waals surface area contributed by atoms with Crippen molar-refractivity contribution in [3.8, 4) is 5.75 Å². The van der Waals surface area contributed by atoms with Crippen LogP contribution in [0.2, 0.25) is 5.02 Å². The number of hydrogen-bond acceptors (Lipinski definition) is 3. The van der Waals surface area contributed by atoms with E-state index in [0.717, 1.165) is 44.1 Å². The Bertz CT molecular complexity index is 389. The van der Waals surface area contributed by atoms with Gasteiger partial charge in [0.05, 0.1) is 0 Å². The van der Waals surface area contributed by atoms with Crippen LogP contribution in [0.1, 0.15) is 24.8 Å². The number of phenolic OH excluding ortho intramolecular Hbond substituents is 1. The second kappa shape index (κ2) is 6.41. The zero-order valence-corrected chi connectivity index (χ0v) is 11.4. The maximum atomic E-state index is 9.80. The lowest BCUT2D eigenvalue weighted by molar-refractivity contribution is 0.172. The molecule has 0 aromatic heterocycles. The van der Waals surface area contributed by atoms with Gasteiger partial charge in [-0.15, -0.1) is 0 Å². The van der Waals surface area contributed by atoms with Gasteiger partial charge in [0.15, 0.2) is 0 Å². The van der Waals surface area contributed by atoms with Gasteiger partial charge in [-0.3, -0.25) is 4.90 Å². The molecule has 0 atom stereocenters. The Morgan fingerprint density at radius 2 is 2.06 bits per heavy atom. The average Bonchev–Trinajstić information content (AvgIpc) is 2.37. The van der Waals surface area contributed by atoms with Crippen molar-refractivity contribution in [2.45, 2.75) is 25.8 Å². The fraction of sp³-hybridized carbons (Fsp3) is 0.571. The molecule has 100 valence electrons. The van der Waals surface area contributed by atoms with E-state index in [1.54, 1.807) is 12.1 Å². The molecule has 2 rings (SSSR count). The van der Waals surface area contributed by atoms with Crippen LogP contribution in [0, 0.1) is 5.92 Å². The first-order chi connectivity index (χ1) is 8.69. The van der Waals surface area contributed by atoms with Crippen molar-refractivity contribution in [3.63, 3.8) is 0 Å². The second-order valence-electron chi connectivity index (χ2n) is 5.07. The molecule has 0 spiro atoms. The van der Waals surface area contributed by atoms with Crippen LogP contribution in [0.5, 0.6) is 5.75 Å². The third-order valence-electron chi connectivity index (χ3n) is 3.72. The highest BCUT2D eigenvalue weighted by atomic mass is 35.5. The maximum absolute atomic E-state index is 9.80. The van der Waals surface area contributed by atoms with Gasteiger partial charge < -0.3 is 10.8 Å². The lowest BCUT2D eigenvalue weighted by atomic mass is 9.93. The van der Waals surface area contributed by atoms with E-state index in [-0.39, 0.29) is 0 Å². The highest BCUT2D eigenvalue weighted by Gasteiger charge is 2.19. The predicted octanol–water partition coefficient (Wildman–Crippen LogP) is 2.61. The van der Waals surface area contributed by atoms with E-state index in [0.29, 0.717) is 10.8 Å². The lowest BCUT2D eigenvalue weighted by Gasteiger charge is -2.31. The van der Waals surface area contributed by atoms with Crippen molar-refractivity contribution >= 4 is 11.6 Å². The van der Waals surface area contributed by atoms with Crippen LogP contribution in [0.25, 0.3) is 0 Å². The number of likely N-dealkylation sites (tertiary alicyclic amines) is 1. The summed E-state index contributed by atoms with van der Waals surface area (Å²) in [5, 5.41) is 10.5. The summed E-state index contributed by atoms with van der Waals surface area (Å²) in [7, 11) is 0. The topological polar surface area (TPSA) is 49.5 Å². The number of hydrogen-bond donors (Lipinski definition) is 2. The lowest BCUT2D eigenvalue weighted by Crippen LogP contribution is -2.33. The van der Waals surface area contributed by atoms with E-state index < -0.39 is 0 Å². The first-order valence-electron chi connectivity index (χ1n) is 6.59. The average molecular weight is 269 g/mol. The van der Waals surface area contributed by atoms with E-state index >= 15 is 0 Å². The normalized spacial score (nSPS) is 18.1. The van der Waals surface area contributed by atoms with E-state index in [9.17, 15) is 5.11 Å².